The molecule has 2 heterocycles. The lowest BCUT2D eigenvalue weighted by atomic mass is 10.2. The Hall–Kier alpha value is -2.96. The Morgan fingerprint density at radius 3 is 2.77 bits per heavy atom. The number of ether oxygens (including phenoxy) is 1. The maximum absolute atomic E-state index is 13.0. The third kappa shape index (κ3) is 3.99. The summed E-state index contributed by atoms with van der Waals surface area (Å²) in [6.07, 6.45) is -1.45. The number of amides is 1. The maximum Gasteiger partial charge on any atom is 0.394 e. The minimum atomic E-state index is -3.26. The van der Waals surface area contributed by atoms with Gasteiger partial charge < -0.3 is 10.1 Å². The van der Waals surface area contributed by atoms with Crippen molar-refractivity contribution in [3.05, 3.63) is 65.1 Å². The fraction of sp³-hybridized carbons (Fsp3) is 0.263. The van der Waals surface area contributed by atoms with Gasteiger partial charge in [-0.2, -0.15) is 8.78 Å². The fourth-order valence-electron chi connectivity index (χ4n) is 2.73. The first kappa shape index (κ1) is 17.8. The molecule has 0 aliphatic heterocycles. The summed E-state index contributed by atoms with van der Waals surface area (Å²) in [4.78, 5) is 17.0. The van der Waals surface area contributed by atoms with Crippen LogP contribution in [0.4, 0.5) is 8.78 Å². The molecule has 1 aromatic carbocycles. The molecule has 2 aromatic heterocycles. The van der Waals surface area contributed by atoms with Gasteiger partial charge in [0.15, 0.2) is 0 Å². The summed E-state index contributed by atoms with van der Waals surface area (Å²) in [6, 6.07) is 10.0. The van der Waals surface area contributed by atoms with Crippen molar-refractivity contribution in [1.82, 2.24) is 14.7 Å². The van der Waals surface area contributed by atoms with Crippen LogP contribution in [-0.4, -0.2) is 21.4 Å². The number of hydrogen-bond donors (Lipinski definition) is 1. The van der Waals surface area contributed by atoms with Gasteiger partial charge >= 0.3 is 6.11 Å². The van der Waals surface area contributed by atoms with Crippen molar-refractivity contribution in [3.63, 3.8) is 0 Å². The molecular weight excluding hydrogens is 340 g/mol. The van der Waals surface area contributed by atoms with Crippen LogP contribution in [-0.2, 0) is 6.54 Å². The van der Waals surface area contributed by atoms with Gasteiger partial charge in [-0.1, -0.05) is 12.1 Å². The predicted octanol–water partition coefficient (Wildman–Crippen LogP) is 3.87. The van der Waals surface area contributed by atoms with Crippen LogP contribution in [0.1, 0.15) is 34.2 Å². The Balaban J connectivity index is 1.76. The Kier molecular flexibility index (Phi) is 4.63. The molecule has 0 radical (unpaired) electrons. The number of nitrogens with zero attached hydrogens (tertiary/aromatic N) is 2. The third-order valence-electron chi connectivity index (χ3n) is 3.82. The van der Waals surface area contributed by atoms with Gasteiger partial charge in [-0.05, 0) is 49.2 Å². The van der Waals surface area contributed by atoms with Gasteiger partial charge in [0, 0.05) is 19.7 Å². The predicted molar refractivity (Wildman–Crippen MR) is 93.5 cm³/mol. The maximum atomic E-state index is 13.0. The molecule has 0 spiro atoms. The number of nitrogens with one attached hydrogen (secondary N) is 1. The van der Waals surface area contributed by atoms with Gasteiger partial charge in [-0.3, -0.25) is 9.20 Å². The second-order valence-corrected chi connectivity index (χ2v) is 6.22. The number of carbonyl (C=O) groups excluding carboxylic acids is 1. The number of halogens is 2. The molecule has 0 atom stereocenters. The van der Waals surface area contributed by atoms with Crippen LogP contribution in [0.2, 0.25) is 0 Å². The van der Waals surface area contributed by atoms with E-state index in [-0.39, 0.29) is 18.2 Å². The standard InChI is InChI=1S/C19H19F2N3O2/c1-12-7-8-24-16(9-12)23-13(2)17(24)18(25)22-11-14-5-4-6-15(10-14)26-19(3,20)21/h4-10H,11H2,1-3H3,(H,22,25). The summed E-state index contributed by atoms with van der Waals surface area (Å²) in [7, 11) is 0. The largest absolute Gasteiger partial charge is 0.433 e. The van der Waals surface area contributed by atoms with E-state index in [4.69, 9.17) is 0 Å². The Bertz CT molecular complexity index is 961. The average molecular weight is 359 g/mol. The number of aromatic nitrogens is 2. The van der Waals surface area contributed by atoms with Gasteiger partial charge in [0.25, 0.3) is 5.91 Å². The molecular formula is C19H19F2N3O2. The molecule has 0 aliphatic carbocycles. The van der Waals surface area contributed by atoms with Gasteiger partial charge in [0.1, 0.15) is 17.1 Å². The molecule has 26 heavy (non-hydrogen) atoms. The summed E-state index contributed by atoms with van der Waals surface area (Å²) in [5, 5.41) is 2.80. The summed E-state index contributed by atoms with van der Waals surface area (Å²) >= 11 is 0. The number of aryl methyl sites for hydroxylation is 2. The third-order valence-corrected chi connectivity index (χ3v) is 3.82. The van der Waals surface area contributed by atoms with Crippen LogP contribution in [0.15, 0.2) is 42.6 Å². The summed E-state index contributed by atoms with van der Waals surface area (Å²) < 4.78 is 32.2. The minimum Gasteiger partial charge on any atom is -0.433 e. The number of benzene rings is 1. The number of pyridine rings is 1. The van der Waals surface area contributed by atoms with E-state index in [2.05, 4.69) is 15.0 Å². The molecule has 7 heteroatoms. The first-order valence-electron chi connectivity index (χ1n) is 8.12. The van der Waals surface area contributed by atoms with Crippen LogP contribution in [0.25, 0.3) is 5.65 Å². The van der Waals surface area contributed by atoms with Crippen molar-refractivity contribution in [2.24, 2.45) is 0 Å². The first-order chi connectivity index (χ1) is 12.2. The second kappa shape index (κ2) is 6.74. The molecule has 1 amide bonds. The highest BCUT2D eigenvalue weighted by Crippen LogP contribution is 2.22. The summed E-state index contributed by atoms with van der Waals surface area (Å²) in [6.45, 7) is 4.59. The van der Waals surface area contributed by atoms with Crippen LogP contribution >= 0.6 is 0 Å². The molecule has 0 aliphatic rings. The van der Waals surface area contributed by atoms with Crippen molar-refractivity contribution in [2.45, 2.75) is 33.4 Å². The van der Waals surface area contributed by atoms with Gasteiger partial charge in [-0.25, -0.2) is 4.98 Å². The SMILES string of the molecule is Cc1ccn2c(C(=O)NCc3cccc(OC(C)(F)F)c3)c(C)nc2c1. The molecule has 0 fully saturated rings. The average Bonchev–Trinajstić information content (AvgIpc) is 2.86. The number of carbonyl (C=O) groups is 1. The molecule has 136 valence electrons. The van der Waals surface area contributed by atoms with Crippen molar-refractivity contribution >= 4 is 11.6 Å². The van der Waals surface area contributed by atoms with E-state index in [1.54, 1.807) is 29.7 Å². The van der Waals surface area contributed by atoms with E-state index in [9.17, 15) is 13.6 Å². The highest BCUT2D eigenvalue weighted by molar-refractivity contribution is 5.94. The number of hydrogen-bond acceptors (Lipinski definition) is 3. The van der Waals surface area contributed by atoms with E-state index in [1.165, 1.54) is 12.1 Å². The smallest absolute Gasteiger partial charge is 0.394 e. The van der Waals surface area contributed by atoms with Crippen LogP contribution in [0, 0.1) is 13.8 Å². The van der Waals surface area contributed by atoms with Crippen LogP contribution < -0.4 is 10.1 Å². The Morgan fingerprint density at radius 2 is 2.04 bits per heavy atom. The van der Waals surface area contributed by atoms with E-state index in [1.807, 2.05) is 19.1 Å². The number of imidazole rings is 1. The summed E-state index contributed by atoms with van der Waals surface area (Å²) in [5.41, 5.74) is 3.48. The number of alkyl halides is 2. The Morgan fingerprint density at radius 1 is 1.27 bits per heavy atom. The Labute approximate surface area is 149 Å². The van der Waals surface area contributed by atoms with E-state index < -0.39 is 6.11 Å². The van der Waals surface area contributed by atoms with Crippen molar-refractivity contribution in [3.8, 4) is 5.75 Å². The molecule has 3 rings (SSSR count). The summed E-state index contributed by atoms with van der Waals surface area (Å²) in [5.74, 6) is -0.239. The van der Waals surface area contributed by atoms with E-state index in [0.717, 1.165) is 5.56 Å². The quantitative estimate of drug-likeness (QED) is 0.752. The lowest BCUT2D eigenvalue weighted by Gasteiger charge is -2.14. The zero-order chi connectivity index (χ0) is 18.9. The molecule has 0 saturated carbocycles. The van der Waals surface area contributed by atoms with Crippen molar-refractivity contribution in [2.75, 3.05) is 0 Å². The monoisotopic (exact) mass is 359 g/mol. The lowest BCUT2D eigenvalue weighted by Crippen LogP contribution is -2.25. The topological polar surface area (TPSA) is 55.6 Å². The van der Waals surface area contributed by atoms with Crippen molar-refractivity contribution < 1.29 is 18.3 Å². The van der Waals surface area contributed by atoms with Crippen molar-refractivity contribution in [1.29, 1.82) is 0 Å². The minimum absolute atomic E-state index is 0.0470. The lowest BCUT2D eigenvalue weighted by molar-refractivity contribution is -0.158. The zero-order valence-corrected chi connectivity index (χ0v) is 14.7. The van der Waals surface area contributed by atoms with Gasteiger partial charge in [0.05, 0.1) is 5.69 Å². The number of rotatable bonds is 5. The fourth-order valence-corrected chi connectivity index (χ4v) is 2.73. The van der Waals surface area contributed by atoms with Crippen LogP contribution in [0.3, 0.4) is 0 Å². The van der Waals surface area contributed by atoms with E-state index >= 15 is 0 Å². The highest BCUT2D eigenvalue weighted by Gasteiger charge is 2.23. The first-order valence-corrected chi connectivity index (χ1v) is 8.12. The zero-order valence-electron chi connectivity index (χ0n) is 14.7. The van der Waals surface area contributed by atoms with E-state index in [0.29, 0.717) is 29.5 Å². The van der Waals surface area contributed by atoms with Gasteiger partial charge in [0.2, 0.25) is 0 Å². The molecule has 0 saturated heterocycles. The number of fused-ring (bicyclic) bond motifs is 1. The van der Waals surface area contributed by atoms with Gasteiger partial charge in [-0.15, -0.1) is 0 Å². The normalized spacial score (nSPS) is 11.6. The molecule has 0 bridgehead atoms. The molecule has 1 N–H and O–H groups in total. The van der Waals surface area contributed by atoms with Crippen LogP contribution in [0.5, 0.6) is 5.75 Å². The second-order valence-electron chi connectivity index (χ2n) is 6.22. The highest BCUT2D eigenvalue weighted by atomic mass is 19.3. The molecule has 3 aromatic rings. The molecule has 0 unspecified atom stereocenters. The molecule has 5 nitrogen and oxygen atoms in total.